The first-order valence-electron chi connectivity index (χ1n) is 7.69. The summed E-state index contributed by atoms with van der Waals surface area (Å²) in [5, 5.41) is 12.3. The van der Waals surface area contributed by atoms with Crippen LogP contribution in [0.4, 0.5) is 0 Å². The van der Waals surface area contributed by atoms with Crippen molar-refractivity contribution in [2.45, 2.75) is 51.0 Å². The monoisotopic (exact) mass is 367 g/mol. The van der Waals surface area contributed by atoms with Crippen LogP contribution in [0.15, 0.2) is 28.7 Å². The van der Waals surface area contributed by atoms with Crippen molar-refractivity contribution in [2.24, 2.45) is 5.92 Å². The van der Waals surface area contributed by atoms with Crippen molar-refractivity contribution < 1.29 is 14.7 Å². The van der Waals surface area contributed by atoms with E-state index in [4.69, 9.17) is 0 Å². The summed E-state index contributed by atoms with van der Waals surface area (Å²) in [6.07, 6.45) is 4.27. The molecule has 120 valence electrons. The summed E-state index contributed by atoms with van der Waals surface area (Å²) in [6, 6.07) is 7.88. The molecule has 0 spiro atoms. The third-order valence-corrected chi connectivity index (χ3v) is 4.95. The van der Waals surface area contributed by atoms with Gasteiger partial charge in [-0.15, -0.1) is 0 Å². The second-order valence-corrected chi connectivity index (χ2v) is 7.15. The van der Waals surface area contributed by atoms with Crippen molar-refractivity contribution in [2.75, 3.05) is 0 Å². The summed E-state index contributed by atoms with van der Waals surface area (Å²) in [7, 11) is 0. The maximum atomic E-state index is 12.2. The van der Waals surface area contributed by atoms with Crippen molar-refractivity contribution in [3.05, 3.63) is 34.3 Å². The first-order valence-corrected chi connectivity index (χ1v) is 8.48. The maximum Gasteiger partial charge on any atom is 0.308 e. The van der Waals surface area contributed by atoms with Crippen LogP contribution in [0, 0.1) is 5.92 Å². The van der Waals surface area contributed by atoms with Crippen LogP contribution in [0.2, 0.25) is 0 Å². The van der Waals surface area contributed by atoms with Crippen LogP contribution in [0.1, 0.15) is 44.6 Å². The minimum atomic E-state index is -0.811. The highest BCUT2D eigenvalue weighted by molar-refractivity contribution is 9.10. The van der Waals surface area contributed by atoms with Crippen molar-refractivity contribution in [1.29, 1.82) is 0 Å². The molecule has 0 radical (unpaired) electrons. The van der Waals surface area contributed by atoms with Crippen molar-refractivity contribution in [3.8, 4) is 0 Å². The number of aryl methyl sites for hydroxylation is 1. The summed E-state index contributed by atoms with van der Waals surface area (Å²) >= 11 is 3.42. The van der Waals surface area contributed by atoms with E-state index in [9.17, 15) is 14.7 Å². The molecular weight excluding hydrogens is 346 g/mol. The largest absolute Gasteiger partial charge is 0.481 e. The summed E-state index contributed by atoms with van der Waals surface area (Å²) in [4.78, 5) is 23.6. The summed E-state index contributed by atoms with van der Waals surface area (Å²) in [6.45, 7) is 1.86. The number of halogens is 1. The normalized spacial score (nSPS) is 24.7. The van der Waals surface area contributed by atoms with Gasteiger partial charge in [-0.2, -0.15) is 0 Å². The van der Waals surface area contributed by atoms with Crippen LogP contribution in [0.5, 0.6) is 0 Å². The van der Waals surface area contributed by atoms with Crippen LogP contribution in [-0.4, -0.2) is 22.5 Å². The number of carboxylic acids is 1. The molecule has 1 aromatic rings. The average Bonchev–Trinajstić information content (AvgIpc) is 2.45. The molecule has 0 heterocycles. The first-order chi connectivity index (χ1) is 10.4. The quantitative estimate of drug-likeness (QED) is 0.836. The Kier molecular flexibility index (Phi) is 5.62. The lowest BCUT2D eigenvalue weighted by molar-refractivity contribution is -0.146. The number of aliphatic carboxylic acids is 1. The minimum Gasteiger partial charge on any atom is -0.481 e. The third kappa shape index (κ3) is 4.32. The van der Waals surface area contributed by atoms with E-state index in [0.717, 1.165) is 29.3 Å². The highest BCUT2D eigenvalue weighted by Crippen LogP contribution is 2.34. The van der Waals surface area contributed by atoms with E-state index in [1.807, 2.05) is 31.2 Å². The van der Waals surface area contributed by atoms with Gasteiger partial charge in [0.05, 0.1) is 11.5 Å². The Morgan fingerprint density at radius 2 is 2.18 bits per heavy atom. The Morgan fingerprint density at radius 3 is 2.86 bits per heavy atom. The maximum absolute atomic E-state index is 12.2. The lowest BCUT2D eigenvalue weighted by atomic mass is 9.74. The molecule has 1 fully saturated rings. The molecular formula is C17H22BrNO3. The standard InChI is InChI=1S/C17H22BrNO3/c1-17(10-3-2-7-14(17)16(21)22)19-15(20)9-8-12-5-4-6-13(18)11-12/h4-6,11,14H,2-3,7-10H2,1H3,(H,19,20)(H,21,22). The molecule has 1 amide bonds. The molecule has 2 rings (SSSR count). The fourth-order valence-corrected chi connectivity index (χ4v) is 3.66. The zero-order chi connectivity index (χ0) is 16.2. The molecule has 0 bridgehead atoms. The average molecular weight is 368 g/mol. The highest BCUT2D eigenvalue weighted by atomic mass is 79.9. The van der Waals surface area contributed by atoms with Gasteiger partial charge >= 0.3 is 5.97 Å². The Morgan fingerprint density at radius 1 is 1.41 bits per heavy atom. The van der Waals surface area contributed by atoms with Crippen LogP contribution >= 0.6 is 15.9 Å². The van der Waals surface area contributed by atoms with Crippen LogP contribution in [0.3, 0.4) is 0 Å². The van der Waals surface area contributed by atoms with Gasteiger partial charge in [0.2, 0.25) is 5.91 Å². The van der Waals surface area contributed by atoms with Gasteiger partial charge in [-0.25, -0.2) is 0 Å². The first kappa shape index (κ1) is 17.0. The zero-order valence-corrected chi connectivity index (χ0v) is 14.4. The summed E-state index contributed by atoms with van der Waals surface area (Å²) in [5.74, 6) is -1.37. The Balaban J connectivity index is 1.94. The Hall–Kier alpha value is -1.36. The van der Waals surface area contributed by atoms with Gasteiger partial charge in [0.1, 0.15) is 0 Å². The number of hydrogen-bond acceptors (Lipinski definition) is 2. The van der Waals surface area contributed by atoms with Crippen molar-refractivity contribution in [1.82, 2.24) is 5.32 Å². The number of benzene rings is 1. The van der Waals surface area contributed by atoms with Gasteiger partial charge in [-0.1, -0.05) is 40.9 Å². The van der Waals surface area contributed by atoms with Crippen LogP contribution in [0.25, 0.3) is 0 Å². The minimum absolute atomic E-state index is 0.0735. The molecule has 22 heavy (non-hydrogen) atoms. The van der Waals surface area contributed by atoms with E-state index in [1.54, 1.807) is 0 Å². The molecule has 0 aliphatic heterocycles. The van der Waals surface area contributed by atoms with E-state index in [2.05, 4.69) is 21.2 Å². The van der Waals surface area contributed by atoms with E-state index >= 15 is 0 Å². The predicted molar refractivity (Wildman–Crippen MR) is 88.6 cm³/mol. The van der Waals surface area contributed by atoms with Gasteiger partial charge in [0.15, 0.2) is 0 Å². The van der Waals surface area contributed by atoms with Gasteiger partial charge < -0.3 is 10.4 Å². The van der Waals surface area contributed by atoms with Gasteiger partial charge in [0.25, 0.3) is 0 Å². The molecule has 1 aromatic carbocycles. The SMILES string of the molecule is CC1(NC(=O)CCc2cccc(Br)c2)CCCCC1C(=O)O. The fraction of sp³-hybridized carbons (Fsp3) is 0.529. The molecule has 1 aliphatic rings. The molecule has 1 saturated carbocycles. The Labute approximate surface area is 139 Å². The van der Waals surface area contributed by atoms with Crippen LogP contribution < -0.4 is 5.32 Å². The molecule has 0 saturated heterocycles. The second-order valence-electron chi connectivity index (χ2n) is 6.23. The van der Waals surface area contributed by atoms with E-state index < -0.39 is 17.4 Å². The van der Waals surface area contributed by atoms with Gasteiger partial charge in [0, 0.05) is 10.9 Å². The van der Waals surface area contributed by atoms with E-state index in [1.165, 1.54) is 0 Å². The number of carbonyl (C=O) groups is 2. The third-order valence-electron chi connectivity index (χ3n) is 4.46. The summed E-state index contributed by atoms with van der Waals surface area (Å²) < 4.78 is 0.996. The smallest absolute Gasteiger partial charge is 0.308 e. The molecule has 5 heteroatoms. The van der Waals surface area contributed by atoms with E-state index in [-0.39, 0.29) is 5.91 Å². The number of rotatable bonds is 5. The molecule has 4 nitrogen and oxygen atoms in total. The van der Waals surface area contributed by atoms with Crippen LogP contribution in [-0.2, 0) is 16.0 Å². The van der Waals surface area contributed by atoms with E-state index in [0.29, 0.717) is 19.3 Å². The molecule has 2 N–H and O–H groups in total. The number of carbonyl (C=O) groups excluding carboxylic acids is 1. The number of amides is 1. The molecule has 2 atom stereocenters. The molecule has 2 unspecified atom stereocenters. The lowest BCUT2D eigenvalue weighted by Crippen LogP contribution is -2.55. The number of carboxylic acid groups (broad SMARTS) is 1. The summed E-state index contributed by atoms with van der Waals surface area (Å²) in [5.41, 5.74) is 0.464. The topological polar surface area (TPSA) is 66.4 Å². The van der Waals surface area contributed by atoms with Crippen molar-refractivity contribution >= 4 is 27.8 Å². The fourth-order valence-electron chi connectivity index (χ4n) is 3.21. The molecule has 0 aromatic heterocycles. The highest BCUT2D eigenvalue weighted by Gasteiger charge is 2.41. The molecule has 1 aliphatic carbocycles. The lowest BCUT2D eigenvalue weighted by Gasteiger charge is -2.39. The van der Waals surface area contributed by atoms with Gasteiger partial charge in [-0.3, -0.25) is 9.59 Å². The zero-order valence-electron chi connectivity index (χ0n) is 12.8. The van der Waals surface area contributed by atoms with Gasteiger partial charge in [-0.05, 0) is 43.9 Å². The number of hydrogen-bond donors (Lipinski definition) is 2. The Bertz CT molecular complexity index is 561. The predicted octanol–water partition coefficient (Wildman–Crippen LogP) is 3.53. The number of nitrogens with one attached hydrogen (secondary N) is 1. The van der Waals surface area contributed by atoms with Crippen molar-refractivity contribution in [3.63, 3.8) is 0 Å². The second kappa shape index (κ2) is 7.27.